The van der Waals surface area contributed by atoms with Gasteiger partial charge in [-0.1, -0.05) is 0 Å². The second-order valence-corrected chi connectivity index (χ2v) is 9.45. The lowest BCUT2D eigenvalue weighted by atomic mass is 9.89. The molecule has 1 aromatic carbocycles. The van der Waals surface area contributed by atoms with Crippen LogP contribution >= 0.6 is 0 Å². The third-order valence-electron chi connectivity index (χ3n) is 6.80. The number of hydrogen-bond acceptors (Lipinski definition) is 8. The SMILES string of the molecule is Cn1nc(NCC(=O)NC2CN(C3CCC(OC(=O)C(O)C(N)=O)CC3)C2)c2cc(C(F)(F)F)ccc21. The van der Waals surface area contributed by atoms with Crippen molar-refractivity contribution in [3.63, 3.8) is 0 Å². The van der Waals surface area contributed by atoms with Gasteiger partial charge in [-0.3, -0.25) is 19.2 Å². The summed E-state index contributed by atoms with van der Waals surface area (Å²) < 4.78 is 45.9. The smallest absolute Gasteiger partial charge is 0.416 e. The monoisotopic (exact) mass is 526 g/mol. The summed E-state index contributed by atoms with van der Waals surface area (Å²) in [5.74, 6) is -2.27. The molecular weight excluding hydrogens is 497 g/mol. The molecule has 2 amide bonds. The van der Waals surface area contributed by atoms with Crippen LogP contribution in [-0.2, 0) is 32.3 Å². The van der Waals surface area contributed by atoms with Crippen LogP contribution < -0.4 is 16.4 Å². The molecule has 2 heterocycles. The topological polar surface area (TPSA) is 152 Å². The summed E-state index contributed by atoms with van der Waals surface area (Å²) in [5, 5.41) is 19.6. The predicted octanol–water partition coefficient (Wildman–Crippen LogP) is 0.505. The van der Waals surface area contributed by atoms with Crippen LogP contribution in [0.3, 0.4) is 0 Å². The minimum atomic E-state index is -4.48. The van der Waals surface area contributed by atoms with Crippen molar-refractivity contribution in [2.75, 3.05) is 25.0 Å². The summed E-state index contributed by atoms with van der Waals surface area (Å²) in [6.45, 7) is 1.18. The van der Waals surface area contributed by atoms with Crippen LogP contribution in [0.15, 0.2) is 18.2 Å². The van der Waals surface area contributed by atoms with Gasteiger partial charge in [0.1, 0.15) is 6.10 Å². The van der Waals surface area contributed by atoms with Crippen LogP contribution in [0.5, 0.6) is 0 Å². The highest BCUT2D eigenvalue weighted by Gasteiger charge is 2.37. The molecule has 1 aliphatic carbocycles. The van der Waals surface area contributed by atoms with Gasteiger partial charge in [0.2, 0.25) is 12.0 Å². The van der Waals surface area contributed by atoms with Gasteiger partial charge in [0.25, 0.3) is 5.91 Å². The number of primary amides is 1. The Morgan fingerprint density at radius 1 is 1.22 bits per heavy atom. The number of halogens is 3. The average Bonchev–Trinajstić information content (AvgIpc) is 3.14. The largest absolute Gasteiger partial charge is 0.460 e. The van der Waals surface area contributed by atoms with Gasteiger partial charge in [0.05, 0.1) is 23.7 Å². The van der Waals surface area contributed by atoms with E-state index < -0.39 is 29.7 Å². The normalized spacial score (nSPS) is 21.8. The Balaban J connectivity index is 1.20. The zero-order valence-corrected chi connectivity index (χ0v) is 20.1. The van der Waals surface area contributed by atoms with Gasteiger partial charge in [-0.05, 0) is 43.9 Å². The summed E-state index contributed by atoms with van der Waals surface area (Å²) in [7, 11) is 1.62. The maximum atomic E-state index is 13.1. The molecule has 1 saturated carbocycles. The minimum Gasteiger partial charge on any atom is -0.460 e. The van der Waals surface area contributed by atoms with Gasteiger partial charge < -0.3 is 26.2 Å². The molecule has 2 fully saturated rings. The minimum absolute atomic E-state index is 0.0483. The molecule has 0 bridgehead atoms. The molecule has 0 spiro atoms. The molecular formula is C23H29F3N6O5. The van der Waals surface area contributed by atoms with E-state index in [2.05, 4.69) is 20.6 Å². The van der Waals surface area contributed by atoms with Crippen molar-refractivity contribution in [1.82, 2.24) is 20.0 Å². The molecule has 1 saturated heterocycles. The standard InChI is InChI=1S/C23H29F3N6O5/c1-31-17-7-2-12(23(24,25)26)8-16(17)21(30-31)28-9-18(33)29-13-10-32(11-13)14-3-5-15(6-4-14)37-22(36)19(34)20(27)35/h2,7-8,13-15,19,34H,3-6,9-11H2,1H3,(H2,27,35)(H,28,30)(H,29,33). The maximum absolute atomic E-state index is 13.1. The number of benzene rings is 1. The first-order valence-corrected chi connectivity index (χ1v) is 11.9. The number of ether oxygens (including phenoxy) is 1. The number of hydrogen-bond donors (Lipinski definition) is 4. The zero-order valence-electron chi connectivity index (χ0n) is 20.1. The van der Waals surface area contributed by atoms with Crippen LogP contribution in [0.25, 0.3) is 10.9 Å². The second kappa shape index (κ2) is 10.5. The van der Waals surface area contributed by atoms with E-state index in [1.165, 1.54) is 10.7 Å². The Morgan fingerprint density at radius 3 is 2.51 bits per heavy atom. The third kappa shape index (κ3) is 6.13. The van der Waals surface area contributed by atoms with Crippen molar-refractivity contribution >= 4 is 34.5 Å². The molecule has 2 aliphatic rings. The van der Waals surface area contributed by atoms with Crippen LogP contribution in [0.1, 0.15) is 31.2 Å². The summed E-state index contributed by atoms with van der Waals surface area (Å²) in [4.78, 5) is 37.2. The van der Waals surface area contributed by atoms with Crippen LogP contribution in [0.4, 0.5) is 19.0 Å². The van der Waals surface area contributed by atoms with Crippen molar-refractivity contribution in [3.8, 4) is 0 Å². The number of fused-ring (bicyclic) bond motifs is 1. The Morgan fingerprint density at radius 2 is 1.89 bits per heavy atom. The first-order chi connectivity index (χ1) is 17.4. The van der Waals surface area contributed by atoms with Gasteiger partial charge in [-0.2, -0.15) is 18.3 Å². The highest BCUT2D eigenvalue weighted by Crippen LogP contribution is 2.33. The van der Waals surface area contributed by atoms with E-state index in [-0.39, 0.29) is 41.8 Å². The van der Waals surface area contributed by atoms with E-state index in [4.69, 9.17) is 10.5 Å². The van der Waals surface area contributed by atoms with E-state index in [0.717, 1.165) is 25.0 Å². The second-order valence-electron chi connectivity index (χ2n) is 9.45. The van der Waals surface area contributed by atoms with Crippen LogP contribution in [0, 0.1) is 0 Å². The van der Waals surface area contributed by atoms with E-state index in [0.29, 0.717) is 31.4 Å². The number of aliphatic hydroxyl groups is 1. The number of carbonyl (C=O) groups excluding carboxylic acids is 3. The van der Waals surface area contributed by atoms with Gasteiger partial charge in [-0.15, -0.1) is 0 Å². The van der Waals surface area contributed by atoms with Gasteiger partial charge in [0, 0.05) is 31.6 Å². The van der Waals surface area contributed by atoms with E-state index >= 15 is 0 Å². The van der Waals surface area contributed by atoms with Crippen molar-refractivity contribution in [1.29, 1.82) is 0 Å². The van der Waals surface area contributed by atoms with Gasteiger partial charge in [0.15, 0.2) is 5.82 Å². The number of aryl methyl sites for hydroxylation is 1. The summed E-state index contributed by atoms with van der Waals surface area (Å²) in [6, 6.07) is 3.58. The lowest BCUT2D eigenvalue weighted by Crippen LogP contribution is -2.63. The molecule has 4 rings (SSSR count). The highest BCUT2D eigenvalue weighted by atomic mass is 19.4. The molecule has 5 N–H and O–H groups in total. The Hall–Kier alpha value is -3.39. The number of nitrogens with zero attached hydrogens (tertiary/aromatic N) is 3. The summed E-state index contributed by atoms with van der Waals surface area (Å²) in [5.41, 5.74) is 4.62. The third-order valence-corrected chi connectivity index (χ3v) is 6.80. The van der Waals surface area contributed by atoms with E-state index in [1.807, 2.05) is 0 Å². The Bertz CT molecular complexity index is 1170. The number of amides is 2. The molecule has 1 unspecified atom stereocenters. The molecule has 0 radical (unpaired) electrons. The quantitative estimate of drug-likeness (QED) is 0.287. The Kier molecular flexibility index (Phi) is 7.59. The zero-order chi connectivity index (χ0) is 26.9. The highest BCUT2D eigenvalue weighted by molar-refractivity contribution is 5.99. The molecule has 2 aromatic rings. The molecule has 202 valence electrons. The van der Waals surface area contributed by atoms with Gasteiger partial charge >= 0.3 is 12.1 Å². The number of carbonyl (C=O) groups is 3. The molecule has 11 nitrogen and oxygen atoms in total. The van der Waals surface area contributed by atoms with E-state index in [1.54, 1.807) is 7.05 Å². The first kappa shape index (κ1) is 26.7. The molecule has 37 heavy (non-hydrogen) atoms. The Labute approximate surface area is 210 Å². The number of aromatic nitrogens is 2. The first-order valence-electron chi connectivity index (χ1n) is 11.9. The fraction of sp³-hybridized carbons (Fsp3) is 0.565. The number of rotatable bonds is 8. The van der Waals surface area contributed by atoms with Crippen molar-refractivity contribution in [2.45, 2.75) is 56.2 Å². The lowest BCUT2D eigenvalue weighted by molar-refractivity contribution is -0.164. The van der Waals surface area contributed by atoms with Gasteiger partial charge in [-0.25, -0.2) is 4.79 Å². The number of esters is 1. The lowest BCUT2D eigenvalue weighted by Gasteiger charge is -2.46. The number of alkyl halides is 3. The molecule has 1 atom stereocenters. The summed E-state index contributed by atoms with van der Waals surface area (Å²) >= 11 is 0. The van der Waals surface area contributed by atoms with Crippen LogP contribution in [-0.4, -0.2) is 81.5 Å². The number of aliphatic hydroxyl groups excluding tert-OH is 1. The number of nitrogens with one attached hydrogen (secondary N) is 2. The number of likely N-dealkylation sites (tertiary alicyclic amines) is 1. The number of nitrogens with two attached hydrogens (primary N) is 1. The van der Waals surface area contributed by atoms with Crippen molar-refractivity contribution < 1.29 is 37.4 Å². The van der Waals surface area contributed by atoms with E-state index in [9.17, 15) is 32.7 Å². The van der Waals surface area contributed by atoms with Crippen LogP contribution in [0.2, 0.25) is 0 Å². The molecule has 1 aromatic heterocycles. The summed E-state index contributed by atoms with van der Waals surface area (Å²) in [6.07, 6.45) is -4.11. The van der Waals surface area contributed by atoms with Crippen molar-refractivity contribution in [2.24, 2.45) is 12.8 Å². The average molecular weight is 527 g/mol. The predicted molar refractivity (Wildman–Crippen MR) is 125 cm³/mol. The molecule has 14 heteroatoms. The molecule has 1 aliphatic heterocycles. The number of anilines is 1. The maximum Gasteiger partial charge on any atom is 0.416 e. The fourth-order valence-electron chi connectivity index (χ4n) is 4.79. The van der Waals surface area contributed by atoms with Crippen molar-refractivity contribution in [3.05, 3.63) is 23.8 Å². The fourth-order valence-corrected chi connectivity index (χ4v) is 4.79.